The van der Waals surface area contributed by atoms with Crippen LogP contribution in [0.25, 0.3) is 0 Å². The topological polar surface area (TPSA) is 91.4 Å². The second-order valence-corrected chi connectivity index (χ2v) is 7.49. The van der Waals surface area contributed by atoms with E-state index in [1.807, 2.05) is 44.2 Å². The summed E-state index contributed by atoms with van der Waals surface area (Å²) in [5.41, 5.74) is 2.72. The van der Waals surface area contributed by atoms with E-state index in [1.165, 1.54) is 0 Å². The van der Waals surface area contributed by atoms with E-state index in [0.717, 1.165) is 29.9 Å². The fourth-order valence-electron chi connectivity index (χ4n) is 3.28. The highest BCUT2D eigenvalue weighted by molar-refractivity contribution is 7.80. The Morgan fingerprint density at radius 1 is 1.27 bits per heavy atom. The summed E-state index contributed by atoms with van der Waals surface area (Å²) in [6.07, 6.45) is 3.12. The molecule has 0 unspecified atom stereocenters. The molecule has 0 bridgehead atoms. The number of nitrogens with zero attached hydrogens (tertiary/aromatic N) is 3. The number of carbonyl (C=O) groups is 1. The Balaban J connectivity index is 1.50. The summed E-state index contributed by atoms with van der Waals surface area (Å²) in [5.74, 6) is 0.710. The highest BCUT2D eigenvalue weighted by atomic mass is 32.1. The Morgan fingerprint density at radius 3 is 2.80 bits per heavy atom. The third-order valence-electron chi connectivity index (χ3n) is 4.80. The Kier molecular flexibility index (Phi) is 7.78. The van der Waals surface area contributed by atoms with E-state index in [2.05, 4.69) is 25.9 Å². The van der Waals surface area contributed by atoms with Crippen molar-refractivity contribution in [3.05, 3.63) is 47.9 Å². The van der Waals surface area contributed by atoms with E-state index >= 15 is 0 Å². The number of piperidine rings is 1. The summed E-state index contributed by atoms with van der Waals surface area (Å²) in [4.78, 5) is 22.5. The maximum atomic E-state index is 11.8. The highest BCUT2D eigenvalue weighted by Crippen LogP contribution is 2.19. The standard InChI is InChI=1S/C21H28N6O2S/c1-3-29-21(28)27-12-9-16(10-13-27)25-20(30)26-18-8-5-11-22-19(18)23-14-17-7-4-6-15(2)24-17/h4-8,11,16H,3,9-10,12-14H2,1-2H3,(H,22,23)(H2,25,26,30). The van der Waals surface area contributed by atoms with E-state index < -0.39 is 0 Å². The van der Waals surface area contributed by atoms with Gasteiger partial charge in [0, 0.05) is 31.0 Å². The van der Waals surface area contributed by atoms with Gasteiger partial charge in [0.15, 0.2) is 5.11 Å². The van der Waals surface area contributed by atoms with Crippen molar-refractivity contribution in [2.24, 2.45) is 0 Å². The summed E-state index contributed by atoms with van der Waals surface area (Å²) < 4.78 is 5.06. The molecule has 0 aliphatic carbocycles. The predicted molar refractivity (Wildman–Crippen MR) is 122 cm³/mol. The van der Waals surface area contributed by atoms with E-state index in [0.29, 0.717) is 37.2 Å². The normalized spacial score (nSPS) is 14.1. The van der Waals surface area contributed by atoms with Crippen LogP contribution >= 0.6 is 12.2 Å². The lowest BCUT2D eigenvalue weighted by Gasteiger charge is -2.32. The van der Waals surface area contributed by atoms with Crippen LogP contribution in [0.2, 0.25) is 0 Å². The number of ether oxygens (including phenoxy) is 1. The summed E-state index contributed by atoms with van der Waals surface area (Å²) in [6.45, 7) is 6.06. The number of nitrogens with one attached hydrogen (secondary N) is 3. The van der Waals surface area contributed by atoms with Crippen LogP contribution in [-0.4, -0.2) is 51.8 Å². The molecule has 3 N–H and O–H groups in total. The first-order valence-electron chi connectivity index (χ1n) is 10.2. The quantitative estimate of drug-likeness (QED) is 0.604. The van der Waals surface area contributed by atoms with E-state index in [9.17, 15) is 4.79 Å². The van der Waals surface area contributed by atoms with Gasteiger partial charge in [-0.3, -0.25) is 4.98 Å². The predicted octanol–water partition coefficient (Wildman–Crippen LogP) is 3.30. The molecule has 3 heterocycles. The van der Waals surface area contributed by atoms with Crippen LogP contribution in [-0.2, 0) is 11.3 Å². The molecule has 8 nitrogen and oxygen atoms in total. The SMILES string of the molecule is CCOC(=O)N1CCC(NC(=S)Nc2cccnc2NCc2cccc(C)n2)CC1. The number of hydrogen-bond acceptors (Lipinski definition) is 6. The largest absolute Gasteiger partial charge is 0.450 e. The van der Waals surface area contributed by atoms with Crippen molar-refractivity contribution in [3.8, 4) is 0 Å². The minimum absolute atomic E-state index is 0.209. The molecule has 9 heteroatoms. The number of amides is 1. The summed E-state index contributed by atoms with van der Waals surface area (Å²) in [7, 11) is 0. The van der Waals surface area contributed by atoms with Crippen LogP contribution in [0.5, 0.6) is 0 Å². The molecule has 1 amide bonds. The average Bonchev–Trinajstić information content (AvgIpc) is 2.74. The number of aromatic nitrogens is 2. The number of carbonyl (C=O) groups excluding carboxylic acids is 1. The molecule has 3 rings (SSSR count). The Bertz CT molecular complexity index is 870. The number of anilines is 2. The van der Waals surface area contributed by atoms with Crippen LogP contribution in [0.15, 0.2) is 36.5 Å². The molecule has 160 valence electrons. The molecule has 1 aliphatic heterocycles. The molecule has 0 spiro atoms. The van der Waals surface area contributed by atoms with Crippen molar-refractivity contribution in [1.82, 2.24) is 20.2 Å². The highest BCUT2D eigenvalue weighted by Gasteiger charge is 2.24. The number of aryl methyl sites for hydroxylation is 1. The second kappa shape index (κ2) is 10.7. The van der Waals surface area contributed by atoms with Gasteiger partial charge in [-0.15, -0.1) is 0 Å². The maximum Gasteiger partial charge on any atom is 0.409 e. The first-order valence-corrected chi connectivity index (χ1v) is 10.6. The number of likely N-dealkylation sites (tertiary alicyclic amines) is 1. The third-order valence-corrected chi connectivity index (χ3v) is 5.01. The lowest BCUT2D eigenvalue weighted by atomic mass is 10.1. The molecule has 1 saturated heterocycles. The number of pyridine rings is 2. The van der Waals surface area contributed by atoms with E-state index in [-0.39, 0.29) is 12.1 Å². The molecule has 0 atom stereocenters. The van der Waals surface area contributed by atoms with Crippen molar-refractivity contribution in [3.63, 3.8) is 0 Å². The molecule has 0 aromatic carbocycles. The third kappa shape index (κ3) is 6.28. The van der Waals surface area contributed by atoms with Gasteiger partial charge in [-0.2, -0.15) is 0 Å². The molecule has 1 aliphatic rings. The first-order chi connectivity index (χ1) is 14.5. The zero-order chi connectivity index (χ0) is 21.3. The van der Waals surface area contributed by atoms with Gasteiger partial charge in [-0.05, 0) is 63.2 Å². The summed E-state index contributed by atoms with van der Waals surface area (Å²) in [6, 6.07) is 9.93. The lowest BCUT2D eigenvalue weighted by molar-refractivity contribution is 0.0964. The zero-order valence-corrected chi connectivity index (χ0v) is 18.2. The molecule has 2 aromatic rings. The number of thiocarbonyl (C=S) groups is 1. The molecule has 30 heavy (non-hydrogen) atoms. The number of hydrogen-bond donors (Lipinski definition) is 3. The number of rotatable bonds is 6. The fraction of sp³-hybridized carbons (Fsp3) is 0.429. The van der Waals surface area contributed by atoms with E-state index in [4.69, 9.17) is 17.0 Å². The van der Waals surface area contributed by atoms with E-state index in [1.54, 1.807) is 11.1 Å². The Hall–Kier alpha value is -2.94. The summed E-state index contributed by atoms with van der Waals surface area (Å²) >= 11 is 5.50. The average molecular weight is 429 g/mol. The van der Waals surface area contributed by atoms with Gasteiger partial charge >= 0.3 is 6.09 Å². The van der Waals surface area contributed by atoms with Crippen molar-refractivity contribution in [2.45, 2.75) is 39.3 Å². The molecular weight excluding hydrogens is 400 g/mol. The zero-order valence-electron chi connectivity index (χ0n) is 17.4. The van der Waals surface area contributed by atoms with Gasteiger partial charge in [-0.1, -0.05) is 6.07 Å². The summed E-state index contributed by atoms with van der Waals surface area (Å²) in [5, 5.41) is 10.4. The van der Waals surface area contributed by atoms with Gasteiger partial charge < -0.3 is 25.6 Å². The van der Waals surface area contributed by atoms with Crippen LogP contribution in [0.3, 0.4) is 0 Å². The van der Waals surface area contributed by atoms with Gasteiger partial charge in [0.1, 0.15) is 5.82 Å². The minimum Gasteiger partial charge on any atom is -0.450 e. The second-order valence-electron chi connectivity index (χ2n) is 7.08. The first kappa shape index (κ1) is 21.8. The van der Waals surface area contributed by atoms with Crippen LogP contribution < -0.4 is 16.0 Å². The van der Waals surface area contributed by atoms with Gasteiger partial charge in [0.2, 0.25) is 0 Å². The van der Waals surface area contributed by atoms with Gasteiger partial charge in [-0.25, -0.2) is 9.78 Å². The monoisotopic (exact) mass is 428 g/mol. The fourth-order valence-corrected chi connectivity index (χ4v) is 3.56. The smallest absolute Gasteiger partial charge is 0.409 e. The molecule has 0 radical (unpaired) electrons. The lowest BCUT2D eigenvalue weighted by Crippen LogP contribution is -2.47. The minimum atomic E-state index is -0.245. The molecular formula is C21H28N6O2S. The molecule has 0 saturated carbocycles. The Morgan fingerprint density at radius 2 is 2.07 bits per heavy atom. The van der Waals surface area contributed by atoms with Crippen molar-refractivity contribution in [2.75, 3.05) is 30.3 Å². The van der Waals surface area contributed by atoms with Gasteiger partial charge in [0.05, 0.1) is 24.5 Å². The van der Waals surface area contributed by atoms with Crippen LogP contribution in [0.1, 0.15) is 31.2 Å². The van der Waals surface area contributed by atoms with Crippen molar-refractivity contribution >= 4 is 34.9 Å². The van der Waals surface area contributed by atoms with Crippen molar-refractivity contribution in [1.29, 1.82) is 0 Å². The molecule has 2 aromatic heterocycles. The maximum absolute atomic E-state index is 11.8. The van der Waals surface area contributed by atoms with Gasteiger partial charge in [0.25, 0.3) is 0 Å². The van der Waals surface area contributed by atoms with Crippen LogP contribution in [0.4, 0.5) is 16.3 Å². The Labute approximate surface area is 182 Å². The molecule has 1 fully saturated rings. The van der Waals surface area contributed by atoms with Crippen molar-refractivity contribution < 1.29 is 9.53 Å². The van der Waals surface area contributed by atoms with Crippen LogP contribution in [0, 0.1) is 6.92 Å².